The fourth-order valence-electron chi connectivity index (χ4n) is 6.67. The maximum Gasteiger partial charge on any atom is 0.0282 e. The zero-order valence-corrected chi connectivity index (χ0v) is 19.5. The maximum atomic E-state index is 4.58. The van der Waals surface area contributed by atoms with Gasteiger partial charge in [-0.05, 0) is 80.5 Å². The summed E-state index contributed by atoms with van der Waals surface area (Å²) >= 11 is 0. The highest BCUT2D eigenvalue weighted by atomic mass is 15.0. The average Bonchev–Trinajstić information content (AvgIpc) is 2.66. The molecule has 0 radical (unpaired) electrons. The van der Waals surface area contributed by atoms with Crippen molar-refractivity contribution in [2.75, 3.05) is 6.54 Å². The summed E-state index contributed by atoms with van der Waals surface area (Å²) < 4.78 is 0. The zero-order valence-electron chi connectivity index (χ0n) is 19.5. The largest absolute Gasteiger partial charge is 0.310 e. The van der Waals surface area contributed by atoms with Crippen molar-refractivity contribution in [2.24, 2.45) is 22.2 Å². The van der Waals surface area contributed by atoms with Crippen molar-refractivity contribution in [3.8, 4) is 0 Å². The van der Waals surface area contributed by atoms with Gasteiger partial charge in [0, 0.05) is 12.6 Å². The van der Waals surface area contributed by atoms with Gasteiger partial charge in [-0.3, -0.25) is 0 Å². The summed E-state index contributed by atoms with van der Waals surface area (Å²) in [4.78, 5) is 0. The Kier molecular flexibility index (Phi) is 6.85. The third kappa shape index (κ3) is 4.94. The Bertz CT molecular complexity index is 571. The second-order valence-electron chi connectivity index (χ2n) is 11.9. The lowest BCUT2D eigenvalue weighted by molar-refractivity contribution is -0.0782. The highest BCUT2D eigenvalue weighted by Gasteiger charge is 2.54. The molecule has 4 unspecified atom stereocenters. The van der Waals surface area contributed by atoms with Crippen LogP contribution in [0.25, 0.3) is 0 Å². The van der Waals surface area contributed by atoms with Crippen LogP contribution in [0.5, 0.6) is 0 Å². The quantitative estimate of drug-likeness (QED) is 0.440. The lowest BCUT2D eigenvalue weighted by Crippen LogP contribution is -2.59. The Balaban J connectivity index is 1.60. The van der Waals surface area contributed by atoms with Crippen LogP contribution in [-0.4, -0.2) is 12.6 Å². The minimum atomic E-state index is 0.429. The Hall–Kier alpha value is -0.560. The van der Waals surface area contributed by atoms with E-state index in [-0.39, 0.29) is 0 Å². The fraction of sp³-hybridized carbons (Fsp3) is 0.852. The van der Waals surface area contributed by atoms with E-state index in [1.54, 1.807) is 0 Å². The molecule has 1 heterocycles. The molecule has 3 rings (SSSR count). The van der Waals surface area contributed by atoms with E-state index >= 15 is 0 Å². The number of fused-ring (bicyclic) bond motifs is 1. The summed E-state index contributed by atoms with van der Waals surface area (Å²) in [5.41, 5.74) is 4.19. The molecule has 0 aromatic rings. The summed E-state index contributed by atoms with van der Waals surface area (Å²) in [6, 6.07) is 0.533. The molecular weight excluding hydrogens is 338 g/mol. The van der Waals surface area contributed by atoms with Crippen molar-refractivity contribution < 1.29 is 0 Å². The van der Waals surface area contributed by atoms with Gasteiger partial charge < -0.3 is 5.32 Å². The number of nitrogens with one attached hydrogen (secondary N) is 1. The smallest absolute Gasteiger partial charge is 0.0282 e. The van der Waals surface area contributed by atoms with Crippen LogP contribution >= 0.6 is 0 Å². The predicted octanol–water partition coefficient (Wildman–Crippen LogP) is 7.82. The van der Waals surface area contributed by atoms with E-state index in [9.17, 15) is 0 Å². The van der Waals surface area contributed by atoms with Gasteiger partial charge >= 0.3 is 0 Å². The first-order valence-electron chi connectivity index (χ1n) is 12.2. The standard InChI is InChI=1S/C27H47N/c1-21(2)14-15-25(4)16-17-26(5)20-28-24(18-27(26,6)19-25)22(3)12-13-23-10-8-7-9-11-23/h23-24,28H,1,3,7-20H2,2,4-6H3. The summed E-state index contributed by atoms with van der Waals surface area (Å²) in [7, 11) is 0. The Morgan fingerprint density at radius 3 is 2.36 bits per heavy atom. The Morgan fingerprint density at radius 1 is 0.964 bits per heavy atom. The van der Waals surface area contributed by atoms with Gasteiger partial charge in [0.05, 0.1) is 0 Å². The molecule has 2 saturated carbocycles. The summed E-state index contributed by atoms with van der Waals surface area (Å²) in [5.74, 6) is 0.968. The van der Waals surface area contributed by atoms with E-state index in [4.69, 9.17) is 0 Å². The van der Waals surface area contributed by atoms with Gasteiger partial charge in [-0.25, -0.2) is 0 Å². The monoisotopic (exact) mass is 385 g/mol. The normalized spacial score (nSPS) is 39.4. The van der Waals surface area contributed by atoms with Gasteiger partial charge in [0.15, 0.2) is 0 Å². The van der Waals surface area contributed by atoms with Crippen LogP contribution < -0.4 is 5.32 Å². The highest BCUT2D eigenvalue weighted by molar-refractivity contribution is 5.15. The molecule has 1 nitrogen and oxygen atoms in total. The number of piperidine rings is 1. The van der Waals surface area contributed by atoms with E-state index in [1.807, 2.05) is 0 Å². The van der Waals surface area contributed by atoms with Crippen molar-refractivity contribution in [1.82, 2.24) is 5.32 Å². The lowest BCUT2D eigenvalue weighted by Gasteiger charge is -2.60. The molecule has 1 aliphatic heterocycles. The molecule has 0 spiro atoms. The molecular formula is C27H47N. The third-order valence-corrected chi connectivity index (χ3v) is 9.19. The second-order valence-corrected chi connectivity index (χ2v) is 11.9. The van der Waals surface area contributed by atoms with Crippen molar-refractivity contribution >= 4 is 0 Å². The zero-order chi connectivity index (χ0) is 20.4. The van der Waals surface area contributed by atoms with Crippen LogP contribution in [0.3, 0.4) is 0 Å². The van der Waals surface area contributed by atoms with Crippen molar-refractivity contribution in [2.45, 2.75) is 117 Å². The molecule has 0 bridgehead atoms. The molecule has 1 heteroatoms. The van der Waals surface area contributed by atoms with Crippen LogP contribution in [0.2, 0.25) is 0 Å². The highest BCUT2D eigenvalue weighted by Crippen LogP contribution is 2.61. The van der Waals surface area contributed by atoms with Crippen molar-refractivity contribution in [3.63, 3.8) is 0 Å². The van der Waals surface area contributed by atoms with Crippen LogP contribution in [0, 0.1) is 22.2 Å². The first-order chi connectivity index (χ1) is 13.1. The molecule has 0 aromatic heterocycles. The first kappa shape index (κ1) is 22.1. The van der Waals surface area contributed by atoms with Crippen LogP contribution in [-0.2, 0) is 0 Å². The van der Waals surface area contributed by atoms with Crippen LogP contribution in [0.4, 0.5) is 0 Å². The van der Waals surface area contributed by atoms with Gasteiger partial charge in [0.2, 0.25) is 0 Å². The second kappa shape index (κ2) is 8.66. The predicted molar refractivity (Wildman–Crippen MR) is 124 cm³/mol. The molecule has 3 aliphatic rings. The molecule has 28 heavy (non-hydrogen) atoms. The summed E-state index contributed by atoms with van der Waals surface area (Å²) in [5, 5.41) is 3.94. The van der Waals surface area contributed by atoms with Gasteiger partial charge in [0.25, 0.3) is 0 Å². The molecule has 4 atom stereocenters. The minimum absolute atomic E-state index is 0.429. The van der Waals surface area contributed by atoms with E-state index in [2.05, 4.69) is 46.2 Å². The minimum Gasteiger partial charge on any atom is -0.310 e. The van der Waals surface area contributed by atoms with E-state index in [1.165, 1.54) is 101 Å². The fourth-order valence-corrected chi connectivity index (χ4v) is 6.67. The van der Waals surface area contributed by atoms with E-state index in [0.29, 0.717) is 22.3 Å². The van der Waals surface area contributed by atoms with Gasteiger partial charge in [-0.15, -0.1) is 6.58 Å². The van der Waals surface area contributed by atoms with E-state index < -0.39 is 0 Å². The number of rotatable bonds is 7. The summed E-state index contributed by atoms with van der Waals surface area (Å²) in [6.07, 6.45) is 17.8. The SMILES string of the molecule is C=C(C)CCC1(C)CCC2(C)CNC(C(=C)CCC3CCCCC3)CC2(C)C1. The molecule has 1 saturated heterocycles. The Labute approximate surface area is 175 Å². The first-order valence-corrected chi connectivity index (χ1v) is 12.2. The lowest BCUT2D eigenvalue weighted by atomic mass is 9.47. The molecule has 160 valence electrons. The van der Waals surface area contributed by atoms with Crippen molar-refractivity contribution in [3.05, 3.63) is 24.3 Å². The third-order valence-electron chi connectivity index (χ3n) is 9.19. The Morgan fingerprint density at radius 2 is 1.68 bits per heavy atom. The molecule has 0 amide bonds. The molecule has 2 aliphatic carbocycles. The van der Waals surface area contributed by atoms with Crippen LogP contribution in [0.15, 0.2) is 24.3 Å². The summed E-state index contributed by atoms with van der Waals surface area (Å²) in [6.45, 7) is 19.8. The van der Waals surface area contributed by atoms with E-state index in [0.717, 1.165) is 5.92 Å². The topological polar surface area (TPSA) is 12.0 Å². The number of hydrogen-bond donors (Lipinski definition) is 1. The number of allylic oxidation sites excluding steroid dienone is 1. The van der Waals surface area contributed by atoms with Gasteiger partial charge in [0.1, 0.15) is 0 Å². The number of hydrogen-bond acceptors (Lipinski definition) is 1. The van der Waals surface area contributed by atoms with Crippen LogP contribution in [0.1, 0.15) is 111 Å². The maximum absolute atomic E-state index is 4.58. The van der Waals surface area contributed by atoms with Crippen molar-refractivity contribution in [1.29, 1.82) is 0 Å². The molecule has 1 N–H and O–H groups in total. The molecule has 0 aromatic carbocycles. The van der Waals surface area contributed by atoms with Gasteiger partial charge in [-0.1, -0.05) is 70.6 Å². The average molecular weight is 386 g/mol. The van der Waals surface area contributed by atoms with Gasteiger partial charge in [-0.2, -0.15) is 0 Å². The molecule has 3 fully saturated rings.